The molecular formula is C24H24ClN3O3. The number of hydrogen-bond acceptors (Lipinski definition) is 3. The van der Waals surface area contributed by atoms with Gasteiger partial charge in [0.1, 0.15) is 6.04 Å². The summed E-state index contributed by atoms with van der Waals surface area (Å²) in [5.41, 5.74) is 2.81. The largest absolute Gasteiger partial charge is 0.326 e. The van der Waals surface area contributed by atoms with Gasteiger partial charge in [0.05, 0.1) is 6.42 Å². The number of likely N-dealkylation sites (tertiary alicyclic amines) is 1. The second-order valence-corrected chi connectivity index (χ2v) is 9.11. The Labute approximate surface area is 185 Å². The van der Waals surface area contributed by atoms with Crippen molar-refractivity contribution < 1.29 is 14.4 Å². The minimum absolute atomic E-state index is 0.0448. The number of nitrogens with zero attached hydrogens (tertiary/aromatic N) is 1. The van der Waals surface area contributed by atoms with E-state index in [-0.39, 0.29) is 23.8 Å². The maximum atomic E-state index is 13.5. The highest BCUT2D eigenvalue weighted by Crippen LogP contribution is 2.41. The maximum absolute atomic E-state index is 13.5. The summed E-state index contributed by atoms with van der Waals surface area (Å²) in [6.45, 7) is 0. The molecule has 2 aromatic rings. The Bertz CT molecular complexity index is 1070. The lowest BCUT2D eigenvalue weighted by molar-refractivity contribution is -0.120. The molecule has 2 N–H and O–H groups in total. The Morgan fingerprint density at radius 3 is 2.77 bits per heavy atom. The van der Waals surface area contributed by atoms with Crippen LogP contribution in [-0.4, -0.2) is 34.7 Å². The van der Waals surface area contributed by atoms with Crippen molar-refractivity contribution in [3.05, 3.63) is 58.6 Å². The molecule has 7 heteroatoms. The molecule has 1 saturated heterocycles. The van der Waals surface area contributed by atoms with Crippen molar-refractivity contribution in [3.63, 3.8) is 0 Å². The first-order valence-corrected chi connectivity index (χ1v) is 11.2. The molecule has 2 aliphatic heterocycles. The van der Waals surface area contributed by atoms with E-state index in [1.54, 1.807) is 41.3 Å². The van der Waals surface area contributed by atoms with Gasteiger partial charge in [-0.1, -0.05) is 30.5 Å². The number of fused-ring (bicyclic) bond motifs is 2. The van der Waals surface area contributed by atoms with Gasteiger partial charge >= 0.3 is 0 Å². The first-order valence-electron chi connectivity index (χ1n) is 10.8. The first kappa shape index (κ1) is 20.1. The fourth-order valence-electron chi connectivity index (χ4n) is 5.29. The van der Waals surface area contributed by atoms with Crippen LogP contribution in [0.15, 0.2) is 42.5 Å². The molecule has 2 fully saturated rings. The number of hydrogen-bond donors (Lipinski definition) is 2. The average Bonchev–Trinajstić information content (AvgIpc) is 3.32. The summed E-state index contributed by atoms with van der Waals surface area (Å²) in [6.07, 6.45) is 5.16. The van der Waals surface area contributed by atoms with E-state index in [0.717, 1.165) is 36.9 Å². The molecule has 0 radical (unpaired) electrons. The topological polar surface area (TPSA) is 78.5 Å². The molecule has 5 rings (SSSR count). The molecule has 31 heavy (non-hydrogen) atoms. The van der Waals surface area contributed by atoms with Crippen LogP contribution >= 0.6 is 11.6 Å². The molecule has 1 aliphatic carbocycles. The Morgan fingerprint density at radius 1 is 1.10 bits per heavy atom. The van der Waals surface area contributed by atoms with Crippen molar-refractivity contribution in [3.8, 4) is 0 Å². The molecule has 160 valence electrons. The smallest absolute Gasteiger partial charge is 0.254 e. The number of rotatable bonds is 3. The quantitative estimate of drug-likeness (QED) is 0.753. The van der Waals surface area contributed by atoms with E-state index in [9.17, 15) is 14.4 Å². The Kier molecular flexibility index (Phi) is 5.18. The van der Waals surface area contributed by atoms with E-state index in [1.165, 1.54) is 0 Å². The third kappa shape index (κ3) is 3.81. The number of amides is 3. The van der Waals surface area contributed by atoms with E-state index >= 15 is 0 Å². The van der Waals surface area contributed by atoms with Gasteiger partial charge in [-0.15, -0.1) is 0 Å². The molecular weight excluding hydrogens is 414 g/mol. The summed E-state index contributed by atoms with van der Waals surface area (Å²) in [5, 5.41) is 6.29. The number of nitrogens with one attached hydrogen (secondary N) is 2. The molecule has 6 nitrogen and oxygen atoms in total. The molecule has 1 saturated carbocycles. The average molecular weight is 438 g/mol. The molecule has 2 aromatic carbocycles. The van der Waals surface area contributed by atoms with Gasteiger partial charge in [-0.3, -0.25) is 14.4 Å². The van der Waals surface area contributed by atoms with Gasteiger partial charge in [-0.05, 0) is 67.1 Å². The zero-order valence-corrected chi connectivity index (χ0v) is 17.8. The zero-order valence-electron chi connectivity index (χ0n) is 17.1. The lowest BCUT2D eigenvalue weighted by Gasteiger charge is -2.33. The van der Waals surface area contributed by atoms with Gasteiger partial charge in [0.15, 0.2) is 0 Å². The molecule has 3 atom stereocenters. The number of benzene rings is 2. The normalized spacial score (nSPS) is 24.4. The Morgan fingerprint density at radius 2 is 1.94 bits per heavy atom. The number of anilines is 2. The summed E-state index contributed by atoms with van der Waals surface area (Å²) in [4.78, 5) is 40.2. The zero-order chi connectivity index (χ0) is 21.5. The van der Waals surface area contributed by atoms with Crippen LogP contribution in [0.1, 0.15) is 48.0 Å². The highest BCUT2D eigenvalue weighted by molar-refractivity contribution is 6.31. The predicted octanol–water partition coefficient (Wildman–Crippen LogP) is 4.25. The fraction of sp³-hybridized carbons (Fsp3) is 0.375. The van der Waals surface area contributed by atoms with Gasteiger partial charge in [-0.25, -0.2) is 0 Å². The van der Waals surface area contributed by atoms with Crippen LogP contribution in [-0.2, 0) is 16.0 Å². The van der Waals surface area contributed by atoms with Crippen molar-refractivity contribution in [2.24, 2.45) is 5.92 Å². The van der Waals surface area contributed by atoms with Crippen molar-refractivity contribution >= 4 is 40.7 Å². The third-order valence-electron chi connectivity index (χ3n) is 6.69. The number of carbonyl (C=O) groups excluding carboxylic acids is 3. The second-order valence-electron chi connectivity index (χ2n) is 8.67. The molecule has 2 heterocycles. The standard InChI is InChI=1S/C24H24ClN3O3/c25-17-6-3-5-15(10-17)24(31)28-20-7-2-1-4-14(20)12-21(28)23(30)26-18-8-9-19-16(11-18)13-22(29)27-19/h3,5-6,8-11,14,20-21H,1-2,4,7,12-13H2,(H,26,30)(H,27,29). The fourth-order valence-corrected chi connectivity index (χ4v) is 5.48. The van der Waals surface area contributed by atoms with E-state index in [0.29, 0.717) is 35.0 Å². The Hall–Kier alpha value is -2.86. The van der Waals surface area contributed by atoms with Crippen molar-refractivity contribution in [1.29, 1.82) is 0 Å². The minimum Gasteiger partial charge on any atom is -0.326 e. The van der Waals surface area contributed by atoms with Crippen LogP contribution in [0, 0.1) is 5.92 Å². The van der Waals surface area contributed by atoms with E-state index in [4.69, 9.17) is 11.6 Å². The monoisotopic (exact) mass is 437 g/mol. The van der Waals surface area contributed by atoms with Gasteiger partial charge < -0.3 is 15.5 Å². The third-order valence-corrected chi connectivity index (χ3v) is 6.93. The Balaban J connectivity index is 1.40. The number of halogens is 1. The SMILES string of the molecule is O=C1Cc2cc(NC(=O)C3CC4CCCCC4N3C(=O)c3cccc(Cl)c3)ccc2N1. The lowest BCUT2D eigenvalue weighted by Crippen LogP contribution is -2.47. The number of carbonyl (C=O) groups is 3. The summed E-state index contributed by atoms with van der Waals surface area (Å²) in [5.74, 6) is -0.0195. The van der Waals surface area contributed by atoms with E-state index < -0.39 is 6.04 Å². The summed E-state index contributed by atoms with van der Waals surface area (Å²) in [7, 11) is 0. The first-order chi connectivity index (χ1) is 15.0. The predicted molar refractivity (Wildman–Crippen MR) is 119 cm³/mol. The maximum Gasteiger partial charge on any atom is 0.254 e. The molecule has 0 spiro atoms. The summed E-state index contributed by atoms with van der Waals surface area (Å²) < 4.78 is 0. The highest BCUT2D eigenvalue weighted by atomic mass is 35.5. The van der Waals surface area contributed by atoms with Crippen molar-refractivity contribution in [2.75, 3.05) is 10.6 Å². The molecule has 0 bridgehead atoms. The van der Waals surface area contributed by atoms with Crippen LogP contribution in [0.5, 0.6) is 0 Å². The summed E-state index contributed by atoms with van der Waals surface area (Å²) in [6, 6.07) is 11.9. The van der Waals surface area contributed by atoms with Gasteiger partial charge in [-0.2, -0.15) is 0 Å². The lowest BCUT2D eigenvalue weighted by atomic mass is 9.84. The summed E-state index contributed by atoms with van der Waals surface area (Å²) >= 11 is 6.12. The highest BCUT2D eigenvalue weighted by Gasteiger charge is 2.47. The van der Waals surface area contributed by atoms with E-state index in [2.05, 4.69) is 10.6 Å². The second kappa shape index (κ2) is 8.00. The van der Waals surface area contributed by atoms with E-state index in [1.807, 2.05) is 6.07 Å². The van der Waals surface area contributed by atoms with Crippen LogP contribution in [0.25, 0.3) is 0 Å². The van der Waals surface area contributed by atoms with Crippen LogP contribution < -0.4 is 10.6 Å². The molecule has 3 amide bonds. The van der Waals surface area contributed by atoms with Crippen LogP contribution in [0.4, 0.5) is 11.4 Å². The van der Waals surface area contributed by atoms with Crippen molar-refractivity contribution in [1.82, 2.24) is 4.90 Å². The van der Waals surface area contributed by atoms with Crippen LogP contribution in [0.3, 0.4) is 0 Å². The minimum atomic E-state index is -0.521. The molecule has 3 aliphatic rings. The van der Waals surface area contributed by atoms with Gasteiger partial charge in [0, 0.05) is 28.0 Å². The molecule has 3 unspecified atom stereocenters. The van der Waals surface area contributed by atoms with Gasteiger partial charge in [0.25, 0.3) is 5.91 Å². The molecule has 0 aromatic heterocycles. The van der Waals surface area contributed by atoms with Crippen LogP contribution in [0.2, 0.25) is 5.02 Å². The van der Waals surface area contributed by atoms with Crippen molar-refractivity contribution in [2.45, 2.75) is 50.6 Å². The van der Waals surface area contributed by atoms with Gasteiger partial charge in [0.2, 0.25) is 11.8 Å².